The van der Waals surface area contributed by atoms with E-state index < -0.39 is 12.0 Å². The molecule has 0 bridgehead atoms. The molecule has 0 unspecified atom stereocenters. The Labute approximate surface area is 147 Å². The van der Waals surface area contributed by atoms with E-state index in [1.165, 1.54) is 4.90 Å². The molecule has 4 heteroatoms. The third-order valence-corrected chi connectivity index (χ3v) is 4.41. The quantitative estimate of drug-likeness (QED) is 0.829. The predicted octanol–water partition coefficient (Wildman–Crippen LogP) is 4.45. The fourth-order valence-electron chi connectivity index (χ4n) is 3.05. The van der Waals surface area contributed by atoms with Crippen LogP contribution in [0.25, 0.3) is 5.57 Å². The first-order chi connectivity index (χ1) is 12.1. The highest BCUT2D eigenvalue weighted by atomic mass is 16.6. The monoisotopic (exact) mass is 335 g/mol. The SMILES string of the molecule is C/C(=C\[C@@H](C)C(=O)N1C(=O)OC[C@H]1c1ccccc1)c1ccccc1. The molecule has 25 heavy (non-hydrogen) atoms. The van der Waals surface area contributed by atoms with E-state index in [0.717, 1.165) is 16.7 Å². The number of amides is 2. The van der Waals surface area contributed by atoms with Gasteiger partial charge in [-0.1, -0.05) is 73.7 Å². The lowest BCUT2D eigenvalue weighted by molar-refractivity contribution is -0.131. The summed E-state index contributed by atoms with van der Waals surface area (Å²) in [7, 11) is 0. The van der Waals surface area contributed by atoms with Crippen LogP contribution >= 0.6 is 0 Å². The Kier molecular flexibility index (Phi) is 4.98. The van der Waals surface area contributed by atoms with Crippen molar-refractivity contribution < 1.29 is 14.3 Å². The maximum atomic E-state index is 12.9. The summed E-state index contributed by atoms with van der Waals surface area (Å²) in [6, 6.07) is 19.0. The standard InChI is InChI=1S/C21H21NO3/c1-15(17-9-5-3-6-10-17)13-16(2)20(23)22-19(14-25-21(22)24)18-11-7-4-8-12-18/h3-13,16,19H,14H2,1-2H3/b15-13+/t16-,19+/m1/s1. The maximum absolute atomic E-state index is 12.9. The first-order valence-corrected chi connectivity index (χ1v) is 8.36. The molecule has 2 aromatic carbocycles. The van der Waals surface area contributed by atoms with Gasteiger partial charge in [0.05, 0.1) is 5.92 Å². The number of cyclic esters (lactones) is 1. The number of rotatable bonds is 4. The molecule has 0 aromatic heterocycles. The molecular weight excluding hydrogens is 314 g/mol. The second-order valence-corrected chi connectivity index (χ2v) is 6.22. The summed E-state index contributed by atoms with van der Waals surface area (Å²) < 4.78 is 5.14. The normalized spacial score (nSPS) is 18.8. The van der Waals surface area contributed by atoms with Crippen molar-refractivity contribution >= 4 is 17.6 Å². The number of allylic oxidation sites excluding steroid dienone is 1. The molecule has 2 atom stereocenters. The van der Waals surface area contributed by atoms with Crippen LogP contribution in [-0.4, -0.2) is 23.5 Å². The molecule has 1 aliphatic rings. The Morgan fingerprint density at radius 2 is 1.72 bits per heavy atom. The highest BCUT2D eigenvalue weighted by Crippen LogP contribution is 2.30. The summed E-state index contributed by atoms with van der Waals surface area (Å²) in [5.74, 6) is -0.663. The largest absolute Gasteiger partial charge is 0.446 e. The second-order valence-electron chi connectivity index (χ2n) is 6.22. The molecule has 0 aliphatic carbocycles. The first kappa shape index (κ1) is 17.0. The minimum absolute atomic E-state index is 0.197. The molecule has 1 fully saturated rings. The number of hydrogen-bond acceptors (Lipinski definition) is 3. The van der Waals surface area contributed by atoms with E-state index in [-0.39, 0.29) is 18.6 Å². The van der Waals surface area contributed by atoms with Gasteiger partial charge in [0.15, 0.2) is 0 Å². The number of carbonyl (C=O) groups is 2. The average Bonchev–Trinajstić information content (AvgIpc) is 3.04. The molecule has 0 N–H and O–H groups in total. The Morgan fingerprint density at radius 3 is 2.36 bits per heavy atom. The van der Waals surface area contributed by atoms with Gasteiger partial charge in [-0.05, 0) is 23.6 Å². The lowest BCUT2D eigenvalue weighted by Crippen LogP contribution is -2.37. The smallest absolute Gasteiger partial charge is 0.417 e. The number of imide groups is 1. The summed E-state index contributed by atoms with van der Waals surface area (Å²) in [4.78, 5) is 26.3. The van der Waals surface area contributed by atoms with Crippen LogP contribution < -0.4 is 0 Å². The van der Waals surface area contributed by atoms with E-state index in [9.17, 15) is 9.59 Å². The van der Waals surface area contributed by atoms with Crippen molar-refractivity contribution in [3.05, 3.63) is 77.9 Å². The molecule has 4 nitrogen and oxygen atoms in total. The highest BCUT2D eigenvalue weighted by Gasteiger charge is 2.40. The van der Waals surface area contributed by atoms with Crippen LogP contribution in [0.2, 0.25) is 0 Å². The van der Waals surface area contributed by atoms with Gasteiger partial charge in [-0.15, -0.1) is 0 Å². The van der Waals surface area contributed by atoms with Crippen LogP contribution in [0, 0.1) is 5.92 Å². The molecule has 0 saturated carbocycles. The third kappa shape index (κ3) is 3.63. The van der Waals surface area contributed by atoms with E-state index >= 15 is 0 Å². The van der Waals surface area contributed by atoms with E-state index in [1.54, 1.807) is 0 Å². The fourth-order valence-corrected chi connectivity index (χ4v) is 3.05. The third-order valence-electron chi connectivity index (χ3n) is 4.41. The molecule has 2 amide bonds. The molecule has 128 valence electrons. The topological polar surface area (TPSA) is 46.6 Å². The number of nitrogens with zero attached hydrogens (tertiary/aromatic N) is 1. The summed E-state index contributed by atoms with van der Waals surface area (Å²) >= 11 is 0. The lowest BCUT2D eigenvalue weighted by atomic mass is 10.00. The van der Waals surface area contributed by atoms with Crippen molar-refractivity contribution in [3.63, 3.8) is 0 Å². The molecular formula is C21H21NO3. The maximum Gasteiger partial charge on any atom is 0.417 e. The van der Waals surface area contributed by atoms with Crippen LogP contribution in [0.5, 0.6) is 0 Å². The van der Waals surface area contributed by atoms with E-state index in [1.807, 2.05) is 80.6 Å². The summed E-state index contributed by atoms with van der Waals surface area (Å²) in [5.41, 5.74) is 2.97. The molecule has 0 spiro atoms. The van der Waals surface area contributed by atoms with Crippen molar-refractivity contribution in [1.29, 1.82) is 0 Å². The highest BCUT2D eigenvalue weighted by molar-refractivity contribution is 5.96. The van der Waals surface area contributed by atoms with Crippen LogP contribution in [-0.2, 0) is 9.53 Å². The summed E-state index contributed by atoms with van der Waals surface area (Å²) in [6.07, 6.45) is 1.32. The lowest BCUT2D eigenvalue weighted by Gasteiger charge is -2.22. The van der Waals surface area contributed by atoms with Gasteiger partial charge in [0.25, 0.3) is 0 Å². The molecule has 3 rings (SSSR count). The zero-order valence-electron chi connectivity index (χ0n) is 14.4. The Balaban J connectivity index is 1.82. The van der Waals surface area contributed by atoms with Crippen LogP contribution in [0.3, 0.4) is 0 Å². The van der Waals surface area contributed by atoms with E-state index in [4.69, 9.17) is 4.74 Å². The minimum atomic E-state index is -0.573. The zero-order valence-corrected chi connectivity index (χ0v) is 14.4. The van der Waals surface area contributed by atoms with Crippen molar-refractivity contribution in [2.75, 3.05) is 6.61 Å². The second kappa shape index (κ2) is 7.34. The van der Waals surface area contributed by atoms with Crippen LogP contribution in [0.15, 0.2) is 66.7 Å². The number of benzene rings is 2. The fraction of sp³-hybridized carbons (Fsp3) is 0.238. The van der Waals surface area contributed by atoms with Crippen molar-refractivity contribution in [1.82, 2.24) is 4.90 Å². The van der Waals surface area contributed by atoms with Gasteiger partial charge in [-0.2, -0.15) is 0 Å². The molecule has 2 aromatic rings. The Hall–Kier alpha value is -2.88. The van der Waals surface area contributed by atoms with Gasteiger partial charge in [0.2, 0.25) is 5.91 Å². The molecule has 1 saturated heterocycles. The molecule has 0 radical (unpaired) electrons. The first-order valence-electron chi connectivity index (χ1n) is 8.36. The van der Waals surface area contributed by atoms with Gasteiger partial charge in [-0.3, -0.25) is 4.79 Å². The van der Waals surface area contributed by atoms with Gasteiger partial charge < -0.3 is 4.74 Å². The van der Waals surface area contributed by atoms with Crippen LogP contribution in [0.4, 0.5) is 4.79 Å². The van der Waals surface area contributed by atoms with Gasteiger partial charge in [0, 0.05) is 0 Å². The van der Waals surface area contributed by atoms with E-state index in [2.05, 4.69) is 0 Å². The van der Waals surface area contributed by atoms with Crippen molar-refractivity contribution in [2.45, 2.75) is 19.9 Å². The van der Waals surface area contributed by atoms with Crippen molar-refractivity contribution in [2.24, 2.45) is 5.92 Å². The zero-order chi connectivity index (χ0) is 17.8. The van der Waals surface area contributed by atoms with Gasteiger partial charge in [-0.25, -0.2) is 9.69 Å². The average molecular weight is 335 g/mol. The minimum Gasteiger partial charge on any atom is -0.446 e. The Morgan fingerprint density at radius 1 is 1.12 bits per heavy atom. The summed E-state index contributed by atoms with van der Waals surface area (Å²) in [6.45, 7) is 3.97. The Bertz CT molecular complexity index is 783. The predicted molar refractivity (Wildman–Crippen MR) is 96.6 cm³/mol. The number of hydrogen-bond donors (Lipinski definition) is 0. The van der Waals surface area contributed by atoms with E-state index in [0.29, 0.717) is 0 Å². The number of ether oxygens (including phenoxy) is 1. The molecule has 1 heterocycles. The van der Waals surface area contributed by atoms with Crippen LogP contribution in [0.1, 0.15) is 31.0 Å². The van der Waals surface area contributed by atoms with Gasteiger partial charge in [0.1, 0.15) is 12.6 Å². The molecule has 1 aliphatic heterocycles. The van der Waals surface area contributed by atoms with Gasteiger partial charge >= 0.3 is 6.09 Å². The number of carbonyl (C=O) groups excluding carboxylic acids is 2. The summed E-state index contributed by atoms with van der Waals surface area (Å²) in [5, 5.41) is 0. The van der Waals surface area contributed by atoms with Crippen molar-refractivity contribution in [3.8, 4) is 0 Å².